The summed E-state index contributed by atoms with van der Waals surface area (Å²) in [5.74, 6) is -0.236. The summed E-state index contributed by atoms with van der Waals surface area (Å²) in [6, 6.07) is 9.31. The summed E-state index contributed by atoms with van der Waals surface area (Å²) < 4.78 is 33.5. The van der Waals surface area contributed by atoms with Crippen LogP contribution in [-0.2, 0) is 11.0 Å². The number of nitriles is 1. The maximum absolute atomic E-state index is 13.6. The maximum Gasteiger partial charge on any atom is 0.146 e. The van der Waals surface area contributed by atoms with Crippen molar-refractivity contribution in [3.63, 3.8) is 0 Å². The largest absolute Gasteiger partial charge is 0.493 e. The second-order valence-corrected chi connectivity index (χ2v) is 8.00. The van der Waals surface area contributed by atoms with Crippen LogP contribution in [0.4, 0.5) is 4.39 Å². The Kier molecular flexibility index (Phi) is 5.04. The number of rotatable bonds is 5. The van der Waals surface area contributed by atoms with Crippen molar-refractivity contribution in [2.75, 3.05) is 19.7 Å². The lowest BCUT2D eigenvalue weighted by Gasteiger charge is -2.46. The summed E-state index contributed by atoms with van der Waals surface area (Å²) in [6.45, 7) is 3.48. The van der Waals surface area contributed by atoms with Gasteiger partial charge in [0.25, 0.3) is 0 Å². The predicted molar refractivity (Wildman–Crippen MR) is 91.9 cm³/mol. The van der Waals surface area contributed by atoms with Crippen molar-refractivity contribution >= 4 is 22.6 Å². The molecule has 25 heavy (non-hydrogen) atoms. The Hall–Kier alpha value is -2.01. The van der Waals surface area contributed by atoms with Crippen molar-refractivity contribution in [2.24, 2.45) is 5.41 Å². The van der Waals surface area contributed by atoms with Crippen molar-refractivity contribution in [3.05, 3.63) is 53.1 Å². The molecule has 5 nitrogen and oxygen atoms in total. The summed E-state index contributed by atoms with van der Waals surface area (Å²) in [7, 11) is -1.37. The molecule has 2 heterocycles. The van der Waals surface area contributed by atoms with Crippen molar-refractivity contribution in [2.45, 2.75) is 11.8 Å². The van der Waals surface area contributed by atoms with E-state index in [0.29, 0.717) is 30.3 Å². The summed E-state index contributed by atoms with van der Waals surface area (Å²) in [5, 5.41) is 8.97. The van der Waals surface area contributed by atoms with Gasteiger partial charge in [-0.3, -0.25) is 0 Å². The number of hydrogen-bond donors (Lipinski definition) is 0. The van der Waals surface area contributed by atoms with Crippen molar-refractivity contribution in [1.82, 2.24) is 9.29 Å². The molecule has 8 heteroatoms. The molecule has 1 unspecified atom stereocenters. The van der Waals surface area contributed by atoms with E-state index in [1.165, 1.54) is 12.1 Å². The second kappa shape index (κ2) is 7.08. The lowest BCUT2D eigenvalue weighted by atomic mass is 9.85. The fraction of sp³-hybridized carbons (Fsp3) is 0.294. The highest BCUT2D eigenvalue weighted by molar-refractivity contribution is 7.82. The quantitative estimate of drug-likeness (QED) is 0.748. The molecule has 2 aromatic rings. The topological polar surface area (TPSA) is 66.2 Å². The fourth-order valence-electron chi connectivity index (χ4n) is 2.59. The molecule has 0 aliphatic carbocycles. The molecular formula is C17H15ClFN3O2S. The molecule has 130 valence electrons. The van der Waals surface area contributed by atoms with E-state index in [9.17, 15) is 8.60 Å². The van der Waals surface area contributed by atoms with Crippen LogP contribution in [0.2, 0.25) is 5.15 Å². The molecule has 1 fully saturated rings. The number of nitrogens with zero attached hydrogens (tertiary/aromatic N) is 3. The molecule has 3 rings (SSSR count). The van der Waals surface area contributed by atoms with Crippen molar-refractivity contribution in [3.8, 4) is 11.8 Å². The minimum atomic E-state index is -1.37. The van der Waals surface area contributed by atoms with E-state index < -0.39 is 16.8 Å². The minimum Gasteiger partial charge on any atom is -0.493 e. The maximum atomic E-state index is 13.6. The number of ether oxygens (including phenoxy) is 1. The predicted octanol–water partition coefficient (Wildman–Crippen LogP) is 3.17. The average Bonchev–Trinajstić information content (AvgIpc) is 2.57. The van der Waals surface area contributed by atoms with Gasteiger partial charge in [0, 0.05) is 30.8 Å². The van der Waals surface area contributed by atoms with Crippen LogP contribution in [0, 0.1) is 22.6 Å². The third-order valence-corrected chi connectivity index (χ3v) is 5.76. The molecule has 1 atom stereocenters. The Morgan fingerprint density at radius 3 is 2.88 bits per heavy atom. The molecule has 0 N–H and O–H groups in total. The molecule has 1 saturated heterocycles. The van der Waals surface area contributed by atoms with Gasteiger partial charge in [-0.05, 0) is 24.3 Å². The molecule has 0 spiro atoms. The number of benzene rings is 1. The molecule has 1 aromatic heterocycles. The van der Waals surface area contributed by atoms with Crippen LogP contribution in [0.25, 0.3) is 0 Å². The van der Waals surface area contributed by atoms with E-state index in [-0.39, 0.29) is 16.1 Å². The number of hydrogen-bond acceptors (Lipinski definition) is 4. The molecule has 0 bridgehead atoms. The Bertz CT molecular complexity index is 865. The highest BCUT2D eigenvalue weighted by atomic mass is 35.5. The zero-order chi connectivity index (χ0) is 18.0. The van der Waals surface area contributed by atoms with E-state index in [0.717, 1.165) is 0 Å². The molecule has 0 saturated carbocycles. The van der Waals surface area contributed by atoms with Gasteiger partial charge < -0.3 is 4.74 Å². The van der Waals surface area contributed by atoms with E-state index in [1.807, 2.05) is 6.92 Å². The van der Waals surface area contributed by atoms with Gasteiger partial charge in [0.15, 0.2) is 0 Å². The third kappa shape index (κ3) is 3.82. The average molecular weight is 380 g/mol. The number of aromatic nitrogens is 1. The summed E-state index contributed by atoms with van der Waals surface area (Å²) in [4.78, 5) is 4.43. The van der Waals surface area contributed by atoms with E-state index in [2.05, 4.69) is 4.98 Å². The normalized spacial score (nSPS) is 17.4. The second-order valence-electron chi connectivity index (χ2n) is 6.19. The van der Waals surface area contributed by atoms with Gasteiger partial charge in [0.1, 0.15) is 33.8 Å². The van der Waals surface area contributed by atoms with Gasteiger partial charge in [-0.25, -0.2) is 17.9 Å². The van der Waals surface area contributed by atoms with Crippen LogP contribution in [0.15, 0.2) is 41.4 Å². The van der Waals surface area contributed by atoms with Gasteiger partial charge in [-0.2, -0.15) is 5.26 Å². The zero-order valence-electron chi connectivity index (χ0n) is 13.4. The molecule has 1 aromatic carbocycles. The van der Waals surface area contributed by atoms with Gasteiger partial charge in [0.05, 0.1) is 17.1 Å². The minimum absolute atomic E-state index is 0.0165. The van der Waals surface area contributed by atoms with Crippen LogP contribution in [0.1, 0.15) is 12.5 Å². The highest BCUT2D eigenvalue weighted by Crippen LogP contribution is 2.34. The first-order chi connectivity index (χ1) is 11.9. The third-order valence-electron chi connectivity index (χ3n) is 3.91. The standard InChI is InChI=1S/C17H15ClFN3O2S/c1-17(11-24-13-5-4-12(8-20)14(19)7-13)9-22(10-17)25(23)15-3-2-6-21-16(15)18/h2-7H,9-11H2,1H3. The van der Waals surface area contributed by atoms with Gasteiger partial charge >= 0.3 is 0 Å². The Labute approximate surface area is 152 Å². The van der Waals surface area contributed by atoms with Crippen LogP contribution < -0.4 is 4.74 Å². The fourth-order valence-corrected chi connectivity index (χ4v) is 4.43. The van der Waals surface area contributed by atoms with Crippen molar-refractivity contribution in [1.29, 1.82) is 5.26 Å². The summed E-state index contributed by atoms with van der Waals surface area (Å²) in [6.07, 6.45) is 1.55. The molecule has 0 radical (unpaired) electrons. The van der Waals surface area contributed by atoms with Crippen LogP contribution >= 0.6 is 11.6 Å². The summed E-state index contributed by atoms with van der Waals surface area (Å²) in [5.41, 5.74) is -0.216. The monoisotopic (exact) mass is 379 g/mol. The Morgan fingerprint density at radius 2 is 2.24 bits per heavy atom. The van der Waals surface area contributed by atoms with Crippen LogP contribution in [0.3, 0.4) is 0 Å². The number of pyridine rings is 1. The lowest BCUT2D eigenvalue weighted by Crippen LogP contribution is -2.57. The highest BCUT2D eigenvalue weighted by Gasteiger charge is 2.43. The summed E-state index contributed by atoms with van der Waals surface area (Å²) >= 11 is 5.98. The van der Waals surface area contributed by atoms with Gasteiger partial charge in [0.2, 0.25) is 0 Å². The SMILES string of the molecule is CC1(COc2ccc(C#N)c(F)c2)CN(S(=O)c2cccnc2Cl)C1. The molecule has 1 aliphatic heterocycles. The van der Waals surface area contributed by atoms with Crippen LogP contribution in [-0.4, -0.2) is 33.2 Å². The van der Waals surface area contributed by atoms with E-state index in [1.54, 1.807) is 34.8 Å². The van der Waals surface area contributed by atoms with E-state index in [4.69, 9.17) is 21.6 Å². The van der Waals surface area contributed by atoms with Gasteiger partial charge in [-0.15, -0.1) is 0 Å². The molecule has 0 amide bonds. The Morgan fingerprint density at radius 1 is 1.48 bits per heavy atom. The smallest absolute Gasteiger partial charge is 0.146 e. The van der Waals surface area contributed by atoms with Gasteiger partial charge in [-0.1, -0.05) is 18.5 Å². The molecular weight excluding hydrogens is 365 g/mol. The lowest BCUT2D eigenvalue weighted by molar-refractivity contribution is 0.0393. The molecule has 1 aliphatic rings. The Balaban J connectivity index is 1.58. The first-order valence-electron chi connectivity index (χ1n) is 7.52. The first kappa shape index (κ1) is 17.8. The number of halogens is 2. The first-order valence-corrected chi connectivity index (χ1v) is 9.00. The van der Waals surface area contributed by atoms with Crippen molar-refractivity contribution < 1.29 is 13.3 Å². The zero-order valence-corrected chi connectivity index (χ0v) is 15.0. The van der Waals surface area contributed by atoms with E-state index >= 15 is 0 Å². The van der Waals surface area contributed by atoms with Crippen LogP contribution in [0.5, 0.6) is 5.75 Å².